The molecule has 3 unspecified atom stereocenters. The molecular weight excluding hydrogens is 284 g/mol. The molecule has 2 fully saturated rings. The molecule has 1 aromatic rings. The third-order valence-corrected chi connectivity index (χ3v) is 5.25. The maximum Gasteiger partial charge on any atom is 0.237 e. The van der Waals surface area contributed by atoms with E-state index in [4.69, 9.17) is 11.6 Å². The first-order chi connectivity index (χ1) is 10.1. The van der Waals surface area contributed by atoms with Crippen molar-refractivity contribution in [3.8, 4) is 0 Å². The fraction of sp³-hybridized carbons (Fsp3) is 0.588. The van der Waals surface area contributed by atoms with Gasteiger partial charge in [-0.3, -0.25) is 4.79 Å². The van der Waals surface area contributed by atoms with Crippen LogP contribution < -0.4 is 10.6 Å². The number of carbonyl (C=O) groups excluding carboxylic acids is 1. The number of amides is 1. The molecule has 1 aliphatic carbocycles. The van der Waals surface area contributed by atoms with Crippen LogP contribution in [0.2, 0.25) is 5.02 Å². The van der Waals surface area contributed by atoms with E-state index < -0.39 is 0 Å². The summed E-state index contributed by atoms with van der Waals surface area (Å²) in [6, 6.07) is 8.14. The summed E-state index contributed by atoms with van der Waals surface area (Å²) < 4.78 is 0. The van der Waals surface area contributed by atoms with Gasteiger partial charge in [-0.1, -0.05) is 42.6 Å². The molecule has 0 bridgehead atoms. The van der Waals surface area contributed by atoms with E-state index >= 15 is 0 Å². The maximum absolute atomic E-state index is 12.5. The number of nitrogens with one attached hydrogen (secondary N) is 2. The molecule has 1 aromatic carbocycles. The molecule has 1 amide bonds. The number of hydrogen-bond donors (Lipinski definition) is 2. The quantitative estimate of drug-likeness (QED) is 0.898. The first-order valence-electron chi connectivity index (χ1n) is 7.96. The molecule has 1 saturated heterocycles. The zero-order valence-corrected chi connectivity index (χ0v) is 13.2. The van der Waals surface area contributed by atoms with E-state index in [1.807, 2.05) is 31.2 Å². The molecule has 4 heteroatoms. The normalized spacial score (nSPS) is 29.7. The lowest BCUT2D eigenvalue weighted by Gasteiger charge is -2.24. The molecule has 1 saturated carbocycles. The standard InChI is InChI=1S/C17H23ClN2O/c1-11(13-7-3-4-8-14(13)18)19-17(21)16-10-12-6-2-5-9-15(12)20-16/h3-4,7-8,11-12,15-16,20H,2,5-6,9-10H2,1H3,(H,19,21)/t11-,12?,15?,16?/m1/s1. The van der Waals surface area contributed by atoms with Crippen LogP contribution in [0.15, 0.2) is 24.3 Å². The molecule has 2 N–H and O–H groups in total. The van der Waals surface area contributed by atoms with Gasteiger partial charge >= 0.3 is 0 Å². The third-order valence-electron chi connectivity index (χ3n) is 4.91. The van der Waals surface area contributed by atoms with Crippen LogP contribution in [0.1, 0.15) is 50.6 Å². The van der Waals surface area contributed by atoms with Crippen molar-refractivity contribution in [2.24, 2.45) is 5.92 Å². The second-order valence-electron chi connectivity index (χ2n) is 6.36. The molecule has 3 nitrogen and oxygen atoms in total. The highest BCUT2D eigenvalue weighted by molar-refractivity contribution is 6.31. The van der Waals surface area contributed by atoms with Crippen molar-refractivity contribution in [1.29, 1.82) is 0 Å². The molecule has 2 aliphatic rings. The number of rotatable bonds is 3. The fourth-order valence-electron chi connectivity index (χ4n) is 3.74. The van der Waals surface area contributed by atoms with E-state index in [1.54, 1.807) is 0 Å². The van der Waals surface area contributed by atoms with Crippen molar-refractivity contribution in [2.75, 3.05) is 0 Å². The van der Waals surface area contributed by atoms with Gasteiger partial charge in [0.15, 0.2) is 0 Å². The summed E-state index contributed by atoms with van der Waals surface area (Å²) in [7, 11) is 0. The number of benzene rings is 1. The highest BCUT2D eigenvalue weighted by atomic mass is 35.5. The van der Waals surface area contributed by atoms with Gasteiger partial charge in [-0.05, 0) is 43.7 Å². The Bertz CT molecular complexity index is 505. The third kappa shape index (κ3) is 3.24. The van der Waals surface area contributed by atoms with Crippen molar-refractivity contribution >= 4 is 17.5 Å². The molecule has 21 heavy (non-hydrogen) atoms. The smallest absolute Gasteiger partial charge is 0.237 e. The molecular formula is C17H23ClN2O. The number of fused-ring (bicyclic) bond motifs is 1. The Morgan fingerprint density at radius 2 is 2.10 bits per heavy atom. The summed E-state index contributed by atoms with van der Waals surface area (Å²) in [5.74, 6) is 0.793. The zero-order valence-electron chi connectivity index (χ0n) is 12.4. The second-order valence-corrected chi connectivity index (χ2v) is 6.76. The van der Waals surface area contributed by atoms with Gasteiger partial charge < -0.3 is 10.6 Å². The topological polar surface area (TPSA) is 41.1 Å². The molecule has 1 aliphatic heterocycles. The van der Waals surface area contributed by atoms with E-state index in [2.05, 4.69) is 10.6 Å². The van der Waals surface area contributed by atoms with Crippen LogP contribution in [0.4, 0.5) is 0 Å². The lowest BCUT2D eigenvalue weighted by atomic mass is 9.85. The molecule has 0 radical (unpaired) electrons. The van der Waals surface area contributed by atoms with E-state index in [1.165, 1.54) is 25.7 Å². The van der Waals surface area contributed by atoms with Gasteiger partial charge in [0.1, 0.15) is 0 Å². The van der Waals surface area contributed by atoms with Crippen molar-refractivity contribution < 1.29 is 4.79 Å². The monoisotopic (exact) mass is 306 g/mol. The molecule has 4 atom stereocenters. The Hall–Kier alpha value is -1.06. The van der Waals surface area contributed by atoms with Crippen molar-refractivity contribution in [3.05, 3.63) is 34.9 Å². The molecule has 0 spiro atoms. The first kappa shape index (κ1) is 14.9. The minimum absolute atomic E-state index is 0.0389. The fourth-order valence-corrected chi connectivity index (χ4v) is 4.04. The Morgan fingerprint density at radius 3 is 2.86 bits per heavy atom. The van der Waals surface area contributed by atoms with Crippen molar-refractivity contribution in [2.45, 2.75) is 57.2 Å². The molecule has 114 valence electrons. The highest BCUT2D eigenvalue weighted by Gasteiger charge is 2.38. The minimum atomic E-state index is -0.0596. The maximum atomic E-state index is 12.5. The van der Waals surface area contributed by atoms with Crippen molar-refractivity contribution in [3.63, 3.8) is 0 Å². The second kappa shape index (κ2) is 6.37. The summed E-state index contributed by atoms with van der Waals surface area (Å²) in [5.41, 5.74) is 0.975. The molecule has 1 heterocycles. The summed E-state index contributed by atoms with van der Waals surface area (Å²) in [6.45, 7) is 1.99. The number of hydrogen-bond acceptors (Lipinski definition) is 2. The Morgan fingerprint density at radius 1 is 1.33 bits per heavy atom. The average Bonchev–Trinajstić information content (AvgIpc) is 2.91. The lowest BCUT2D eigenvalue weighted by molar-refractivity contribution is -0.123. The van der Waals surface area contributed by atoms with Gasteiger partial charge in [-0.15, -0.1) is 0 Å². The van der Waals surface area contributed by atoms with Crippen LogP contribution in [0.25, 0.3) is 0 Å². The Labute approximate surface area is 131 Å². The van der Waals surface area contributed by atoms with Crippen LogP contribution in [-0.2, 0) is 4.79 Å². The van der Waals surface area contributed by atoms with Crippen LogP contribution >= 0.6 is 11.6 Å². The zero-order chi connectivity index (χ0) is 14.8. The van der Waals surface area contributed by atoms with Gasteiger partial charge in [0.05, 0.1) is 12.1 Å². The summed E-state index contributed by atoms with van der Waals surface area (Å²) in [6.07, 6.45) is 6.06. The van der Waals surface area contributed by atoms with Gasteiger partial charge in [0.25, 0.3) is 0 Å². The number of halogens is 1. The number of carbonyl (C=O) groups is 1. The predicted molar refractivity (Wildman–Crippen MR) is 85.3 cm³/mol. The van der Waals surface area contributed by atoms with Crippen LogP contribution in [0.3, 0.4) is 0 Å². The van der Waals surface area contributed by atoms with Crippen LogP contribution in [0.5, 0.6) is 0 Å². The van der Waals surface area contributed by atoms with E-state index in [0.29, 0.717) is 17.0 Å². The van der Waals surface area contributed by atoms with Gasteiger partial charge in [-0.25, -0.2) is 0 Å². The Balaban J connectivity index is 1.60. The SMILES string of the molecule is C[C@@H](NC(=O)C1CC2CCCCC2N1)c1ccccc1Cl. The highest BCUT2D eigenvalue weighted by Crippen LogP contribution is 2.33. The van der Waals surface area contributed by atoms with Gasteiger partial charge in [0.2, 0.25) is 5.91 Å². The van der Waals surface area contributed by atoms with Gasteiger partial charge in [0, 0.05) is 11.1 Å². The molecule has 3 rings (SSSR count). The summed E-state index contributed by atoms with van der Waals surface area (Å²) in [4.78, 5) is 12.5. The van der Waals surface area contributed by atoms with Crippen LogP contribution in [-0.4, -0.2) is 18.0 Å². The average molecular weight is 307 g/mol. The molecule has 0 aromatic heterocycles. The van der Waals surface area contributed by atoms with Crippen molar-refractivity contribution in [1.82, 2.24) is 10.6 Å². The van der Waals surface area contributed by atoms with E-state index in [9.17, 15) is 4.79 Å². The largest absolute Gasteiger partial charge is 0.348 e. The summed E-state index contributed by atoms with van der Waals surface area (Å²) >= 11 is 6.19. The predicted octanol–water partition coefficient (Wildman–Crippen LogP) is 3.44. The van der Waals surface area contributed by atoms with Crippen LogP contribution in [0, 0.1) is 5.92 Å². The minimum Gasteiger partial charge on any atom is -0.348 e. The summed E-state index contributed by atoms with van der Waals surface area (Å²) in [5, 5.41) is 7.33. The van der Waals surface area contributed by atoms with E-state index in [-0.39, 0.29) is 18.0 Å². The van der Waals surface area contributed by atoms with E-state index in [0.717, 1.165) is 12.0 Å². The lowest BCUT2D eigenvalue weighted by Crippen LogP contribution is -2.43. The Kier molecular flexibility index (Phi) is 4.51. The first-order valence-corrected chi connectivity index (χ1v) is 8.34. The van der Waals surface area contributed by atoms with Gasteiger partial charge in [-0.2, -0.15) is 0 Å².